The van der Waals surface area contributed by atoms with Gasteiger partial charge in [-0.25, -0.2) is 14.4 Å². The summed E-state index contributed by atoms with van der Waals surface area (Å²) in [5.41, 5.74) is 11.8. The van der Waals surface area contributed by atoms with Crippen LogP contribution in [0.5, 0.6) is 0 Å². The van der Waals surface area contributed by atoms with Crippen molar-refractivity contribution in [1.82, 2.24) is 35.4 Å². The molecule has 8 nitrogen and oxygen atoms in total. The number of pyridine rings is 1. The van der Waals surface area contributed by atoms with E-state index in [9.17, 15) is 4.39 Å². The summed E-state index contributed by atoms with van der Waals surface area (Å²) in [6.45, 7) is 11.6. The summed E-state index contributed by atoms with van der Waals surface area (Å²) in [4.78, 5) is 15.7. The van der Waals surface area contributed by atoms with Gasteiger partial charge in [-0.05, 0) is 126 Å². The number of benzene rings is 1. The molecule has 3 aromatic heterocycles. The maximum Gasteiger partial charge on any atom is 0.161 e. The van der Waals surface area contributed by atoms with Crippen molar-refractivity contribution in [2.24, 2.45) is 5.92 Å². The van der Waals surface area contributed by atoms with Crippen LogP contribution in [0.15, 0.2) is 90.3 Å². The van der Waals surface area contributed by atoms with Gasteiger partial charge in [-0.15, -0.1) is 0 Å². The molecule has 0 atom stereocenters. The number of likely N-dealkylation sites (N-methyl/N-ethyl adjacent to an activating group) is 1. The number of hydrogen-bond acceptors (Lipinski definition) is 6. The second kappa shape index (κ2) is 16.3. The SMILES string of the molecule is C=C/C=C(/c1cc(F)cc(NCCN(C)C)c1)c1nc(-c2n[nH]c3ccc(C(/C=C(\C=C\CC)NC(=C4CCC4)C4CCC4)=C/C)nc23)[nH]c1C. The lowest BCUT2D eigenvalue weighted by molar-refractivity contribution is 0.346. The van der Waals surface area contributed by atoms with Crippen molar-refractivity contribution in [3.05, 3.63) is 119 Å². The Balaban J connectivity index is 1.32. The van der Waals surface area contributed by atoms with E-state index in [2.05, 4.69) is 75.4 Å². The van der Waals surface area contributed by atoms with Crippen LogP contribution < -0.4 is 10.6 Å². The fraction of sp³-hybridized carbons (Fsp3) is 0.357. The van der Waals surface area contributed by atoms with Crippen molar-refractivity contribution in [3.63, 3.8) is 0 Å². The Labute approximate surface area is 301 Å². The number of H-pyrrole nitrogens is 2. The molecule has 2 aliphatic carbocycles. The summed E-state index contributed by atoms with van der Waals surface area (Å²) in [7, 11) is 4.02. The second-order valence-corrected chi connectivity index (χ2v) is 13.8. The lowest BCUT2D eigenvalue weighted by Crippen LogP contribution is -2.27. The summed E-state index contributed by atoms with van der Waals surface area (Å²) in [5.74, 6) is 0.902. The maximum absolute atomic E-state index is 14.9. The number of aromatic amines is 2. The molecule has 0 radical (unpaired) electrons. The van der Waals surface area contributed by atoms with Gasteiger partial charge in [0.15, 0.2) is 11.5 Å². The molecule has 4 N–H and O–H groups in total. The zero-order chi connectivity index (χ0) is 35.9. The summed E-state index contributed by atoms with van der Waals surface area (Å²) in [6, 6.07) is 9.04. The third-order valence-electron chi connectivity index (χ3n) is 9.73. The van der Waals surface area contributed by atoms with Gasteiger partial charge in [0.05, 0.1) is 16.9 Å². The van der Waals surface area contributed by atoms with Crippen LogP contribution in [0.2, 0.25) is 0 Å². The largest absolute Gasteiger partial charge is 0.384 e. The smallest absolute Gasteiger partial charge is 0.161 e. The van der Waals surface area contributed by atoms with Crippen molar-refractivity contribution in [3.8, 4) is 11.5 Å². The zero-order valence-electron chi connectivity index (χ0n) is 30.7. The van der Waals surface area contributed by atoms with E-state index in [1.54, 1.807) is 11.6 Å². The highest BCUT2D eigenvalue weighted by Crippen LogP contribution is 2.39. The molecule has 2 fully saturated rings. The lowest BCUT2D eigenvalue weighted by atomic mass is 9.77. The van der Waals surface area contributed by atoms with E-state index >= 15 is 0 Å². The van der Waals surface area contributed by atoms with Crippen molar-refractivity contribution in [2.75, 3.05) is 32.5 Å². The molecule has 2 aliphatic rings. The van der Waals surface area contributed by atoms with Gasteiger partial charge in [0.1, 0.15) is 11.3 Å². The standard InChI is InChI=1S/C42H51FN8/c1-7-10-18-33(46-39(29-14-11-15-29)30-16-12-17-30)24-28(9-3)36-19-20-37-40(47-36)41(50-49-37)42-45-27(4)38(48-42)35(13-8-2)31-23-32(43)26-34(25-31)44-21-22-51(5)6/h8-10,13,18-20,23-26,29,44,46H,2,7,11-12,14-17,21-22H2,1,3-6H3,(H,45,48)(H,49,50)/b18-10+,28-9+,33-24+,35-13-. The van der Waals surface area contributed by atoms with Gasteiger partial charge in [0.25, 0.3) is 0 Å². The molecule has 0 unspecified atom stereocenters. The van der Waals surface area contributed by atoms with E-state index in [1.807, 2.05) is 45.3 Å². The van der Waals surface area contributed by atoms with Crippen LogP contribution in [0.25, 0.3) is 33.7 Å². The van der Waals surface area contributed by atoms with Gasteiger partial charge in [-0.1, -0.05) is 49.8 Å². The van der Waals surface area contributed by atoms with E-state index in [1.165, 1.54) is 56.4 Å². The number of aromatic nitrogens is 5. The van der Waals surface area contributed by atoms with Gasteiger partial charge in [0.2, 0.25) is 0 Å². The fourth-order valence-electron chi connectivity index (χ4n) is 6.56. The number of anilines is 1. The Morgan fingerprint density at radius 2 is 1.94 bits per heavy atom. The predicted molar refractivity (Wildman–Crippen MR) is 209 cm³/mol. The van der Waals surface area contributed by atoms with Gasteiger partial charge >= 0.3 is 0 Å². The quantitative estimate of drug-likeness (QED) is 0.0931. The number of aryl methyl sites for hydroxylation is 1. The number of allylic oxidation sites excluding steroid dienone is 9. The first kappa shape index (κ1) is 35.8. The summed E-state index contributed by atoms with van der Waals surface area (Å²) in [5, 5.41) is 15.0. The Morgan fingerprint density at radius 1 is 1.12 bits per heavy atom. The highest BCUT2D eigenvalue weighted by Gasteiger charge is 2.27. The van der Waals surface area contributed by atoms with E-state index in [4.69, 9.17) is 9.97 Å². The van der Waals surface area contributed by atoms with Gasteiger partial charge in [-0.2, -0.15) is 5.10 Å². The Morgan fingerprint density at radius 3 is 2.61 bits per heavy atom. The molecule has 3 heterocycles. The molecule has 51 heavy (non-hydrogen) atoms. The first-order valence-corrected chi connectivity index (χ1v) is 18.3. The Kier molecular flexibility index (Phi) is 11.5. The Bertz CT molecular complexity index is 2030. The Hall–Kier alpha value is -5.02. The minimum atomic E-state index is -0.324. The zero-order valence-corrected chi connectivity index (χ0v) is 30.7. The van der Waals surface area contributed by atoms with Gasteiger partial charge in [-0.3, -0.25) is 5.10 Å². The summed E-state index contributed by atoms with van der Waals surface area (Å²) < 4.78 is 14.9. The summed E-state index contributed by atoms with van der Waals surface area (Å²) >= 11 is 0. The summed E-state index contributed by atoms with van der Waals surface area (Å²) in [6.07, 6.45) is 20.8. The maximum atomic E-state index is 14.9. The number of rotatable bonds is 15. The minimum absolute atomic E-state index is 0.324. The van der Waals surface area contributed by atoms with Crippen LogP contribution in [-0.2, 0) is 0 Å². The number of nitrogens with zero attached hydrogens (tertiary/aromatic N) is 4. The highest BCUT2D eigenvalue weighted by molar-refractivity contribution is 5.90. The average molecular weight is 687 g/mol. The fourth-order valence-corrected chi connectivity index (χ4v) is 6.56. The molecule has 2 saturated carbocycles. The first-order valence-electron chi connectivity index (χ1n) is 18.3. The number of hydrogen-bond donors (Lipinski definition) is 4. The van der Waals surface area contributed by atoms with Crippen molar-refractivity contribution in [2.45, 2.75) is 65.7 Å². The predicted octanol–water partition coefficient (Wildman–Crippen LogP) is 9.47. The van der Waals surface area contributed by atoms with Gasteiger partial charge in [0, 0.05) is 41.4 Å². The third kappa shape index (κ3) is 8.31. The lowest BCUT2D eigenvalue weighted by Gasteiger charge is -2.34. The molecule has 0 aliphatic heterocycles. The van der Waals surface area contributed by atoms with Crippen LogP contribution in [0.1, 0.15) is 81.4 Å². The average Bonchev–Trinajstić information content (AvgIpc) is 3.65. The van der Waals surface area contributed by atoms with Crippen molar-refractivity contribution in [1.29, 1.82) is 0 Å². The van der Waals surface area contributed by atoms with Crippen LogP contribution in [-0.4, -0.2) is 57.2 Å². The molecule has 4 aromatic rings. The number of nitrogens with one attached hydrogen (secondary N) is 4. The number of fused-ring (bicyclic) bond motifs is 1. The molecular formula is C42H51FN8. The first-order chi connectivity index (χ1) is 24.8. The van der Waals surface area contributed by atoms with Gasteiger partial charge < -0.3 is 20.5 Å². The van der Waals surface area contributed by atoms with Crippen LogP contribution >= 0.6 is 0 Å². The van der Waals surface area contributed by atoms with Crippen molar-refractivity contribution < 1.29 is 4.39 Å². The topological polar surface area (TPSA) is 97.5 Å². The van der Waals surface area contributed by atoms with Crippen molar-refractivity contribution >= 4 is 27.9 Å². The molecule has 9 heteroatoms. The molecule has 0 bridgehead atoms. The van der Waals surface area contributed by atoms with E-state index in [-0.39, 0.29) is 5.82 Å². The molecule has 266 valence electrons. The monoisotopic (exact) mass is 686 g/mol. The minimum Gasteiger partial charge on any atom is -0.384 e. The molecule has 1 aromatic carbocycles. The van der Waals surface area contributed by atoms with Crippen LogP contribution in [0, 0.1) is 18.7 Å². The van der Waals surface area contributed by atoms with E-state index in [0.29, 0.717) is 40.9 Å². The molecule has 6 rings (SSSR count). The number of halogens is 1. The molecule has 0 spiro atoms. The molecule has 0 saturated heterocycles. The van der Waals surface area contributed by atoms with E-state index < -0.39 is 0 Å². The van der Waals surface area contributed by atoms with E-state index in [0.717, 1.165) is 52.2 Å². The van der Waals surface area contributed by atoms with Crippen LogP contribution in [0.3, 0.4) is 0 Å². The van der Waals surface area contributed by atoms with Crippen LogP contribution in [0.4, 0.5) is 10.1 Å². The third-order valence-corrected chi connectivity index (χ3v) is 9.73. The number of imidazole rings is 1. The highest BCUT2D eigenvalue weighted by atomic mass is 19.1. The molecule has 0 amide bonds. The second-order valence-electron chi connectivity index (χ2n) is 13.8. The normalized spacial score (nSPS) is 15.8. The molecular weight excluding hydrogens is 636 g/mol.